The number of hydrogen-bond donors (Lipinski definition) is 2. The maximum atomic E-state index is 10.9. The fraction of sp³-hybridized carbons (Fsp3) is 0.333. The van der Waals surface area contributed by atoms with Crippen molar-refractivity contribution in [1.29, 1.82) is 5.26 Å². The summed E-state index contributed by atoms with van der Waals surface area (Å²) in [5.41, 5.74) is 5.73. The van der Waals surface area contributed by atoms with Crippen molar-refractivity contribution >= 4 is 23.2 Å². The Morgan fingerprint density at radius 3 is 2.76 bits per heavy atom. The number of carbonyl (C=O) groups excluding carboxylic acids is 1. The van der Waals surface area contributed by atoms with Crippen LogP contribution in [0.25, 0.3) is 0 Å². The van der Waals surface area contributed by atoms with Crippen LogP contribution in [0.1, 0.15) is 25.8 Å². The number of nitrogens with zero attached hydrogens (tertiary/aromatic N) is 1. The molecule has 0 atom stereocenters. The van der Waals surface area contributed by atoms with Crippen molar-refractivity contribution in [1.82, 2.24) is 0 Å². The van der Waals surface area contributed by atoms with Crippen LogP contribution >= 0.6 is 11.6 Å². The highest BCUT2D eigenvalue weighted by atomic mass is 35.5. The number of carbonyl (C=O) groups is 1. The second-order valence-corrected chi connectivity index (χ2v) is 4.89. The molecule has 3 N–H and O–H groups in total. The zero-order valence-electron chi connectivity index (χ0n) is 9.75. The molecular weight excluding hydrogens is 238 g/mol. The maximum Gasteiger partial charge on any atom is 0.219 e. The maximum absolute atomic E-state index is 10.9. The van der Waals surface area contributed by atoms with Crippen LogP contribution in [0.15, 0.2) is 18.2 Å². The molecule has 4 nitrogen and oxygen atoms in total. The predicted octanol–water partition coefficient (Wildman–Crippen LogP) is 2.28. The number of halogens is 1. The Morgan fingerprint density at radius 2 is 2.24 bits per heavy atom. The van der Waals surface area contributed by atoms with Gasteiger partial charge in [0.05, 0.1) is 11.3 Å². The predicted molar refractivity (Wildman–Crippen MR) is 67.7 cm³/mol. The van der Waals surface area contributed by atoms with E-state index in [1.54, 1.807) is 18.2 Å². The number of hydrogen-bond acceptors (Lipinski definition) is 3. The number of primary amides is 1. The van der Waals surface area contributed by atoms with Gasteiger partial charge in [-0.05, 0) is 32.0 Å². The van der Waals surface area contributed by atoms with E-state index < -0.39 is 11.4 Å². The highest BCUT2D eigenvalue weighted by molar-refractivity contribution is 6.30. The second kappa shape index (κ2) is 5.07. The number of nitriles is 1. The van der Waals surface area contributed by atoms with Crippen LogP contribution < -0.4 is 11.1 Å². The molecule has 17 heavy (non-hydrogen) atoms. The Morgan fingerprint density at radius 1 is 1.59 bits per heavy atom. The van der Waals surface area contributed by atoms with E-state index in [1.807, 2.05) is 19.9 Å². The van der Waals surface area contributed by atoms with Crippen molar-refractivity contribution in [2.75, 3.05) is 5.32 Å². The van der Waals surface area contributed by atoms with Gasteiger partial charge in [-0.25, -0.2) is 0 Å². The van der Waals surface area contributed by atoms with Gasteiger partial charge in [-0.2, -0.15) is 5.26 Å². The molecule has 0 saturated carbocycles. The van der Waals surface area contributed by atoms with Gasteiger partial charge in [0.2, 0.25) is 5.91 Å². The topological polar surface area (TPSA) is 78.9 Å². The first-order chi connectivity index (χ1) is 7.84. The molecular formula is C12H14ClN3O. The van der Waals surface area contributed by atoms with Crippen LogP contribution in [-0.4, -0.2) is 11.4 Å². The summed E-state index contributed by atoms with van der Waals surface area (Å²) in [5.74, 6) is -0.394. The fourth-order valence-electron chi connectivity index (χ4n) is 1.56. The SMILES string of the molecule is CC(C)(CC(N)=O)Nc1ccc(Cl)cc1C#N. The first-order valence-electron chi connectivity index (χ1n) is 5.10. The van der Waals surface area contributed by atoms with Crippen LogP contribution in [0.3, 0.4) is 0 Å². The fourth-order valence-corrected chi connectivity index (χ4v) is 1.73. The molecule has 1 aromatic rings. The average molecular weight is 252 g/mol. The Hall–Kier alpha value is -1.73. The molecule has 1 rings (SSSR count). The van der Waals surface area contributed by atoms with E-state index in [-0.39, 0.29) is 6.42 Å². The van der Waals surface area contributed by atoms with Gasteiger partial charge in [-0.3, -0.25) is 4.79 Å². The van der Waals surface area contributed by atoms with Crippen molar-refractivity contribution in [3.05, 3.63) is 28.8 Å². The summed E-state index contributed by atoms with van der Waals surface area (Å²) in [5, 5.41) is 12.6. The van der Waals surface area contributed by atoms with E-state index in [0.29, 0.717) is 16.3 Å². The Balaban J connectivity index is 2.95. The van der Waals surface area contributed by atoms with Crippen molar-refractivity contribution in [2.24, 2.45) is 5.73 Å². The highest BCUT2D eigenvalue weighted by Crippen LogP contribution is 2.24. The van der Waals surface area contributed by atoms with Gasteiger partial charge >= 0.3 is 0 Å². The van der Waals surface area contributed by atoms with E-state index in [4.69, 9.17) is 22.6 Å². The number of benzene rings is 1. The molecule has 0 unspecified atom stereocenters. The van der Waals surface area contributed by atoms with E-state index in [9.17, 15) is 4.79 Å². The van der Waals surface area contributed by atoms with Crippen LogP contribution in [-0.2, 0) is 4.79 Å². The lowest BCUT2D eigenvalue weighted by molar-refractivity contribution is -0.118. The van der Waals surface area contributed by atoms with Crippen molar-refractivity contribution in [3.8, 4) is 6.07 Å². The molecule has 0 aliphatic heterocycles. The lowest BCUT2D eigenvalue weighted by Crippen LogP contribution is -2.36. The molecule has 1 amide bonds. The summed E-state index contributed by atoms with van der Waals surface area (Å²) in [6.45, 7) is 3.68. The standard InChI is InChI=1S/C12H14ClN3O/c1-12(2,6-11(15)17)16-10-4-3-9(13)5-8(10)7-14/h3-5,16H,6H2,1-2H3,(H2,15,17). The van der Waals surface area contributed by atoms with E-state index in [2.05, 4.69) is 5.32 Å². The zero-order valence-corrected chi connectivity index (χ0v) is 10.5. The Kier molecular flexibility index (Phi) is 3.97. The van der Waals surface area contributed by atoms with Gasteiger partial charge in [-0.1, -0.05) is 11.6 Å². The van der Waals surface area contributed by atoms with Crippen molar-refractivity contribution < 1.29 is 4.79 Å². The summed E-state index contributed by atoms with van der Waals surface area (Å²) >= 11 is 5.80. The molecule has 0 saturated heterocycles. The first-order valence-corrected chi connectivity index (χ1v) is 5.48. The minimum absolute atomic E-state index is 0.181. The summed E-state index contributed by atoms with van der Waals surface area (Å²) in [7, 11) is 0. The lowest BCUT2D eigenvalue weighted by atomic mass is 9.99. The third-order valence-corrected chi connectivity index (χ3v) is 2.43. The Labute approximate surface area is 105 Å². The smallest absolute Gasteiger partial charge is 0.219 e. The molecule has 1 aromatic carbocycles. The molecule has 0 fully saturated rings. The van der Waals surface area contributed by atoms with Crippen LogP contribution in [0.4, 0.5) is 5.69 Å². The first kappa shape index (κ1) is 13.3. The molecule has 5 heteroatoms. The monoisotopic (exact) mass is 251 g/mol. The molecule has 0 radical (unpaired) electrons. The molecule has 90 valence electrons. The van der Waals surface area contributed by atoms with Gasteiger partial charge in [0.1, 0.15) is 6.07 Å². The third-order valence-electron chi connectivity index (χ3n) is 2.19. The van der Waals surface area contributed by atoms with E-state index in [0.717, 1.165) is 0 Å². The summed E-state index contributed by atoms with van der Waals surface area (Å²) in [6.07, 6.45) is 0.181. The summed E-state index contributed by atoms with van der Waals surface area (Å²) in [4.78, 5) is 10.9. The van der Waals surface area contributed by atoms with Crippen LogP contribution in [0.5, 0.6) is 0 Å². The van der Waals surface area contributed by atoms with Crippen molar-refractivity contribution in [3.63, 3.8) is 0 Å². The molecule has 0 aliphatic carbocycles. The number of anilines is 1. The normalized spacial score (nSPS) is 10.7. The average Bonchev–Trinajstić information content (AvgIpc) is 2.18. The van der Waals surface area contributed by atoms with Crippen molar-refractivity contribution in [2.45, 2.75) is 25.8 Å². The third kappa shape index (κ3) is 3.97. The quantitative estimate of drug-likeness (QED) is 0.862. The molecule has 0 aliphatic rings. The largest absolute Gasteiger partial charge is 0.379 e. The van der Waals surface area contributed by atoms with Gasteiger partial charge in [0.15, 0.2) is 0 Å². The highest BCUT2D eigenvalue weighted by Gasteiger charge is 2.21. The number of rotatable bonds is 4. The summed E-state index contributed by atoms with van der Waals surface area (Å²) < 4.78 is 0. The van der Waals surface area contributed by atoms with Crippen LogP contribution in [0, 0.1) is 11.3 Å². The number of amides is 1. The van der Waals surface area contributed by atoms with Gasteiger partial charge in [0.25, 0.3) is 0 Å². The van der Waals surface area contributed by atoms with Gasteiger partial charge < -0.3 is 11.1 Å². The van der Waals surface area contributed by atoms with Gasteiger partial charge in [-0.15, -0.1) is 0 Å². The summed E-state index contributed by atoms with van der Waals surface area (Å²) in [6, 6.07) is 7.02. The molecule has 0 heterocycles. The number of nitrogens with two attached hydrogens (primary N) is 1. The molecule has 0 aromatic heterocycles. The molecule has 0 spiro atoms. The van der Waals surface area contributed by atoms with Gasteiger partial charge in [0, 0.05) is 17.0 Å². The Bertz CT molecular complexity index is 477. The molecule has 0 bridgehead atoms. The zero-order chi connectivity index (χ0) is 13.1. The van der Waals surface area contributed by atoms with E-state index in [1.165, 1.54) is 0 Å². The van der Waals surface area contributed by atoms with Crippen LogP contribution in [0.2, 0.25) is 5.02 Å². The minimum Gasteiger partial charge on any atom is -0.379 e. The second-order valence-electron chi connectivity index (χ2n) is 4.45. The lowest BCUT2D eigenvalue weighted by Gasteiger charge is -2.26. The van der Waals surface area contributed by atoms with E-state index >= 15 is 0 Å². The number of nitrogens with one attached hydrogen (secondary N) is 1. The minimum atomic E-state index is -0.509.